The molecule has 4 rings (SSSR count). The van der Waals surface area contributed by atoms with Crippen molar-refractivity contribution in [2.24, 2.45) is 0 Å². The summed E-state index contributed by atoms with van der Waals surface area (Å²) in [5, 5.41) is 10.0. The van der Waals surface area contributed by atoms with Crippen molar-refractivity contribution in [1.82, 2.24) is 15.2 Å². The molecule has 7 nitrogen and oxygen atoms in total. The molecule has 2 N–H and O–H groups in total. The van der Waals surface area contributed by atoms with Crippen LogP contribution < -0.4 is 10.9 Å². The lowest BCUT2D eigenvalue weighted by atomic mass is 9.97. The van der Waals surface area contributed by atoms with Crippen LogP contribution in [0.15, 0.2) is 51.7 Å². The van der Waals surface area contributed by atoms with Gasteiger partial charge in [0.05, 0.1) is 5.39 Å². The lowest BCUT2D eigenvalue weighted by molar-refractivity contribution is 0.102. The van der Waals surface area contributed by atoms with Crippen LogP contribution >= 0.6 is 0 Å². The minimum Gasteiger partial charge on any atom is -0.440 e. The van der Waals surface area contributed by atoms with Gasteiger partial charge in [-0.2, -0.15) is 5.10 Å². The van der Waals surface area contributed by atoms with Crippen LogP contribution in [0.2, 0.25) is 0 Å². The van der Waals surface area contributed by atoms with Gasteiger partial charge in [-0.05, 0) is 24.3 Å². The molecule has 0 aliphatic carbocycles. The highest BCUT2D eigenvalue weighted by Gasteiger charge is 2.21. The zero-order valence-electron chi connectivity index (χ0n) is 15.2. The summed E-state index contributed by atoms with van der Waals surface area (Å²) in [5.74, 6) is 0.218. The lowest BCUT2D eigenvalue weighted by Crippen LogP contribution is -2.19. The molecule has 0 unspecified atom stereocenters. The molecule has 2 aromatic heterocycles. The van der Waals surface area contributed by atoms with Crippen molar-refractivity contribution >= 4 is 33.5 Å². The van der Waals surface area contributed by atoms with E-state index < -0.39 is 5.91 Å². The third-order valence-electron chi connectivity index (χ3n) is 4.20. The van der Waals surface area contributed by atoms with E-state index in [-0.39, 0.29) is 16.7 Å². The number of anilines is 1. The maximum atomic E-state index is 12.7. The number of hydrogen-bond acceptors (Lipinski definition) is 5. The van der Waals surface area contributed by atoms with Crippen LogP contribution in [0.25, 0.3) is 21.9 Å². The predicted molar refractivity (Wildman–Crippen MR) is 103 cm³/mol. The number of carbonyl (C=O) groups is 1. The van der Waals surface area contributed by atoms with E-state index in [1.807, 2.05) is 20.8 Å². The number of nitrogens with one attached hydrogen (secondary N) is 2. The molecule has 0 saturated carbocycles. The minimum absolute atomic E-state index is 0.154. The standard InChI is InChI=1S/C20H18N4O3/c1-20(2,3)19-22-14-10-11(8-9-15(14)27-19)21-18(26)16-12-6-4-5-7-13(12)17(25)24-23-16/h4-10H,1-3H3,(H,21,26)(H,24,25). The van der Waals surface area contributed by atoms with Gasteiger partial charge in [0.1, 0.15) is 5.52 Å². The van der Waals surface area contributed by atoms with Gasteiger partial charge in [-0.3, -0.25) is 9.59 Å². The largest absolute Gasteiger partial charge is 0.440 e. The van der Waals surface area contributed by atoms with E-state index >= 15 is 0 Å². The highest BCUT2D eigenvalue weighted by Crippen LogP contribution is 2.27. The Labute approximate surface area is 154 Å². The Morgan fingerprint density at radius 2 is 1.85 bits per heavy atom. The van der Waals surface area contributed by atoms with Crippen molar-refractivity contribution in [1.29, 1.82) is 0 Å². The molecule has 4 aromatic rings. The van der Waals surface area contributed by atoms with Crippen LogP contribution in [0.3, 0.4) is 0 Å². The molecule has 0 radical (unpaired) electrons. The minimum atomic E-state index is -0.415. The number of oxazole rings is 1. The topological polar surface area (TPSA) is 101 Å². The Kier molecular flexibility index (Phi) is 3.80. The Balaban J connectivity index is 1.69. The number of fused-ring (bicyclic) bond motifs is 2. The van der Waals surface area contributed by atoms with Gasteiger partial charge in [0.25, 0.3) is 11.5 Å². The van der Waals surface area contributed by atoms with Gasteiger partial charge in [-0.1, -0.05) is 39.0 Å². The molecule has 0 aliphatic rings. The van der Waals surface area contributed by atoms with E-state index in [0.29, 0.717) is 33.5 Å². The summed E-state index contributed by atoms with van der Waals surface area (Å²) < 4.78 is 5.77. The second kappa shape index (κ2) is 6.05. The second-order valence-electron chi connectivity index (χ2n) is 7.35. The Bertz CT molecular complexity index is 1230. The number of benzene rings is 2. The zero-order valence-corrected chi connectivity index (χ0v) is 15.2. The fourth-order valence-electron chi connectivity index (χ4n) is 2.80. The van der Waals surface area contributed by atoms with Crippen LogP contribution in [-0.4, -0.2) is 21.1 Å². The monoisotopic (exact) mass is 362 g/mol. The van der Waals surface area contributed by atoms with Crippen LogP contribution in [0.5, 0.6) is 0 Å². The fourth-order valence-corrected chi connectivity index (χ4v) is 2.80. The molecule has 0 saturated heterocycles. The van der Waals surface area contributed by atoms with E-state index in [9.17, 15) is 9.59 Å². The normalized spacial score (nSPS) is 11.8. The molecule has 2 aromatic carbocycles. The molecule has 0 atom stereocenters. The Morgan fingerprint density at radius 3 is 2.59 bits per heavy atom. The van der Waals surface area contributed by atoms with Gasteiger partial charge in [0.15, 0.2) is 11.3 Å². The summed E-state index contributed by atoms with van der Waals surface area (Å²) in [6.45, 7) is 6.06. The van der Waals surface area contributed by atoms with E-state index in [1.165, 1.54) is 0 Å². The molecule has 1 amide bonds. The molecule has 7 heteroatoms. The summed E-state index contributed by atoms with van der Waals surface area (Å²) in [6.07, 6.45) is 0. The van der Waals surface area contributed by atoms with E-state index in [4.69, 9.17) is 4.42 Å². The van der Waals surface area contributed by atoms with Gasteiger partial charge < -0.3 is 9.73 Å². The number of nitrogens with zero attached hydrogens (tertiary/aromatic N) is 2. The number of rotatable bonds is 2. The van der Waals surface area contributed by atoms with Gasteiger partial charge in [0, 0.05) is 16.5 Å². The van der Waals surface area contributed by atoms with Gasteiger partial charge in [-0.15, -0.1) is 0 Å². The third kappa shape index (κ3) is 3.08. The molecule has 0 spiro atoms. The highest BCUT2D eigenvalue weighted by atomic mass is 16.3. The Hall–Kier alpha value is -3.48. The second-order valence-corrected chi connectivity index (χ2v) is 7.35. The summed E-state index contributed by atoms with van der Waals surface area (Å²) in [7, 11) is 0. The SMILES string of the molecule is CC(C)(C)c1nc2cc(NC(=O)c3n[nH]c(=O)c4ccccc34)ccc2o1. The summed E-state index contributed by atoms with van der Waals surface area (Å²) in [4.78, 5) is 29.1. The van der Waals surface area contributed by atoms with Crippen molar-refractivity contribution in [3.8, 4) is 0 Å². The first-order valence-corrected chi connectivity index (χ1v) is 8.53. The average molecular weight is 362 g/mol. The quantitative estimate of drug-likeness (QED) is 0.567. The zero-order chi connectivity index (χ0) is 19.2. The van der Waals surface area contributed by atoms with Gasteiger partial charge >= 0.3 is 0 Å². The van der Waals surface area contributed by atoms with Gasteiger partial charge in [0.2, 0.25) is 5.89 Å². The van der Waals surface area contributed by atoms with Crippen molar-refractivity contribution in [2.45, 2.75) is 26.2 Å². The number of H-pyrrole nitrogens is 1. The summed E-state index contributed by atoms with van der Waals surface area (Å²) >= 11 is 0. The van der Waals surface area contributed by atoms with Gasteiger partial charge in [-0.25, -0.2) is 10.1 Å². The Morgan fingerprint density at radius 1 is 1.11 bits per heavy atom. The first-order chi connectivity index (χ1) is 12.8. The van der Waals surface area contributed by atoms with Crippen molar-refractivity contribution < 1.29 is 9.21 Å². The van der Waals surface area contributed by atoms with E-state index in [1.54, 1.807) is 42.5 Å². The molecular formula is C20H18N4O3. The number of hydrogen-bond donors (Lipinski definition) is 2. The third-order valence-corrected chi connectivity index (χ3v) is 4.20. The molecule has 136 valence electrons. The number of amides is 1. The molecule has 0 aliphatic heterocycles. The fraction of sp³-hybridized carbons (Fsp3) is 0.200. The van der Waals surface area contributed by atoms with Crippen LogP contribution in [0.4, 0.5) is 5.69 Å². The van der Waals surface area contributed by atoms with Crippen molar-refractivity contribution in [3.05, 3.63) is 64.4 Å². The number of aromatic amines is 1. The van der Waals surface area contributed by atoms with Crippen LogP contribution in [0, 0.1) is 0 Å². The molecule has 0 bridgehead atoms. The molecule has 27 heavy (non-hydrogen) atoms. The maximum absolute atomic E-state index is 12.7. The number of carbonyl (C=O) groups excluding carboxylic acids is 1. The first kappa shape index (κ1) is 17.0. The molecular weight excluding hydrogens is 344 g/mol. The maximum Gasteiger partial charge on any atom is 0.276 e. The number of aromatic nitrogens is 3. The first-order valence-electron chi connectivity index (χ1n) is 8.53. The van der Waals surface area contributed by atoms with E-state index in [2.05, 4.69) is 20.5 Å². The van der Waals surface area contributed by atoms with E-state index in [0.717, 1.165) is 0 Å². The smallest absolute Gasteiger partial charge is 0.276 e. The van der Waals surface area contributed by atoms with Crippen LogP contribution in [0.1, 0.15) is 37.2 Å². The average Bonchev–Trinajstić information content (AvgIpc) is 3.06. The summed E-state index contributed by atoms with van der Waals surface area (Å²) in [5.41, 5.74) is 1.50. The molecule has 0 fully saturated rings. The van der Waals surface area contributed by atoms with Crippen molar-refractivity contribution in [2.75, 3.05) is 5.32 Å². The highest BCUT2D eigenvalue weighted by molar-refractivity contribution is 6.11. The lowest BCUT2D eigenvalue weighted by Gasteiger charge is -2.11. The predicted octanol–water partition coefficient (Wildman–Crippen LogP) is 3.61. The van der Waals surface area contributed by atoms with Crippen molar-refractivity contribution in [3.63, 3.8) is 0 Å². The van der Waals surface area contributed by atoms with Crippen LogP contribution in [-0.2, 0) is 5.41 Å². The summed E-state index contributed by atoms with van der Waals surface area (Å²) in [6, 6.07) is 12.1. The molecule has 2 heterocycles.